The van der Waals surface area contributed by atoms with Crippen LogP contribution in [0.25, 0.3) is 0 Å². The van der Waals surface area contributed by atoms with Crippen LogP contribution in [-0.2, 0) is 16.0 Å². The quantitative estimate of drug-likeness (QED) is 0.168. The second-order valence-corrected chi connectivity index (χ2v) is 5.65. The maximum atomic E-state index is 12.1. The van der Waals surface area contributed by atoms with Crippen LogP contribution in [0.1, 0.15) is 18.4 Å². The third-order valence-electron chi connectivity index (χ3n) is 3.55. The summed E-state index contributed by atoms with van der Waals surface area (Å²) in [6, 6.07) is 7.15. The molecular weight excluding hydrogens is 362 g/mol. The number of aliphatic hydroxyl groups excluding tert-OH is 1. The number of hydrogen-bond acceptors (Lipinski definition) is 5. The van der Waals surface area contributed by atoms with Crippen molar-refractivity contribution in [1.29, 1.82) is 0 Å². The van der Waals surface area contributed by atoms with E-state index in [-0.39, 0.29) is 37.8 Å². The maximum Gasteiger partial charge on any atom is 0.326 e. The van der Waals surface area contributed by atoms with Gasteiger partial charge in [-0.3, -0.25) is 9.79 Å². The summed E-state index contributed by atoms with van der Waals surface area (Å²) < 4.78 is 0. The molecule has 0 aromatic heterocycles. The van der Waals surface area contributed by atoms with Gasteiger partial charge in [0, 0.05) is 12.6 Å². The predicted molar refractivity (Wildman–Crippen MR) is 101 cm³/mol. The minimum atomic E-state index is -1.51. The van der Waals surface area contributed by atoms with Gasteiger partial charge in [-0.05, 0) is 24.8 Å². The van der Waals surface area contributed by atoms with Gasteiger partial charge >= 0.3 is 5.97 Å². The number of carboxylic acids is 1. The molecule has 0 aliphatic heterocycles. The Morgan fingerprint density at radius 1 is 1.19 bits per heavy atom. The van der Waals surface area contributed by atoms with Crippen molar-refractivity contribution in [2.45, 2.75) is 37.5 Å². The lowest BCUT2D eigenvalue weighted by atomic mass is 10.0. The Morgan fingerprint density at radius 2 is 1.81 bits per heavy atom. The van der Waals surface area contributed by atoms with Gasteiger partial charge in [-0.25, -0.2) is 4.79 Å². The zero-order valence-corrected chi connectivity index (χ0v) is 15.1. The van der Waals surface area contributed by atoms with Crippen molar-refractivity contribution >= 4 is 30.2 Å². The summed E-state index contributed by atoms with van der Waals surface area (Å²) in [6.45, 7) is 0.248. The number of nitrogens with two attached hydrogens (primary N) is 3. The number of hydrogen-bond donors (Lipinski definition) is 6. The third kappa shape index (κ3) is 8.65. The molecule has 0 spiro atoms. The first-order valence-electron chi connectivity index (χ1n) is 7.87. The summed E-state index contributed by atoms with van der Waals surface area (Å²) in [7, 11) is 0. The zero-order chi connectivity index (χ0) is 18.8. The number of nitrogens with zero attached hydrogens (tertiary/aromatic N) is 1. The van der Waals surface area contributed by atoms with E-state index in [0.717, 1.165) is 5.56 Å². The van der Waals surface area contributed by atoms with Crippen LogP contribution in [-0.4, -0.2) is 52.8 Å². The number of guanidine groups is 1. The van der Waals surface area contributed by atoms with Gasteiger partial charge in [-0.1, -0.05) is 30.3 Å². The van der Waals surface area contributed by atoms with E-state index < -0.39 is 30.1 Å². The van der Waals surface area contributed by atoms with Gasteiger partial charge in [0.05, 0.1) is 0 Å². The topological polar surface area (TPSA) is 177 Å². The van der Waals surface area contributed by atoms with Crippen LogP contribution in [0.15, 0.2) is 35.3 Å². The molecule has 146 valence electrons. The minimum Gasteiger partial charge on any atom is -0.480 e. The lowest BCUT2D eigenvalue weighted by molar-refractivity contribution is -0.143. The fourth-order valence-corrected chi connectivity index (χ4v) is 2.21. The Kier molecular flexibility index (Phi) is 11.0. The Balaban J connectivity index is 0.00000625. The lowest BCUT2D eigenvalue weighted by Gasteiger charge is -2.21. The third-order valence-corrected chi connectivity index (χ3v) is 3.55. The zero-order valence-electron chi connectivity index (χ0n) is 14.2. The van der Waals surface area contributed by atoms with Crippen LogP contribution in [0.5, 0.6) is 0 Å². The molecule has 26 heavy (non-hydrogen) atoms. The standard InChI is InChI=1S/C16H25N5O4.ClH/c17-11(9-10-5-2-1-3-6-10)13(22)14(23)21-12(15(24)25)7-4-8-20-16(18)19;/h1-3,5-6,11-13,22H,4,7-9,17H2,(H,21,23)(H,24,25)(H4,18,19,20);1H/t11-,12+,13+;/m1./s1. The average Bonchev–Trinajstić information content (AvgIpc) is 2.57. The van der Waals surface area contributed by atoms with Crippen LogP contribution in [0.2, 0.25) is 0 Å². The number of halogens is 1. The fraction of sp³-hybridized carbons (Fsp3) is 0.438. The minimum absolute atomic E-state index is 0. The van der Waals surface area contributed by atoms with E-state index in [0.29, 0.717) is 6.42 Å². The van der Waals surface area contributed by atoms with E-state index in [1.807, 2.05) is 30.3 Å². The number of carbonyl (C=O) groups excluding carboxylic acids is 1. The van der Waals surface area contributed by atoms with Gasteiger partial charge in [0.15, 0.2) is 5.96 Å². The monoisotopic (exact) mass is 387 g/mol. The molecule has 1 aromatic carbocycles. The van der Waals surface area contributed by atoms with Crippen LogP contribution < -0.4 is 22.5 Å². The van der Waals surface area contributed by atoms with Crippen molar-refractivity contribution < 1.29 is 19.8 Å². The van der Waals surface area contributed by atoms with Gasteiger partial charge in [0.1, 0.15) is 12.1 Å². The summed E-state index contributed by atoms with van der Waals surface area (Å²) in [5.41, 5.74) is 17.1. The summed E-state index contributed by atoms with van der Waals surface area (Å²) in [5, 5.41) is 21.5. The van der Waals surface area contributed by atoms with Gasteiger partial charge in [-0.15, -0.1) is 12.4 Å². The highest BCUT2D eigenvalue weighted by Crippen LogP contribution is 2.06. The highest BCUT2D eigenvalue weighted by Gasteiger charge is 2.27. The highest BCUT2D eigenvalue weighted by molar-refractivity contribution is 5.86. The summed E-state index contributed by atoms with van der Waals surface area (Å²) in [5.74, 6) is -2.11. The molecule has 9 nitrogen and oxygen atoms in total. The molecule has 3 atom stereocenters. The SMILES string of the molecule is Cl.NC(N)=NCCC[C@H](NC(=O)[C@@H](O)[C@H](N)Cc1ccccc1)C(=O)O. The van der Waals surface area contributed by atoms with Crippen molar-refractivity contribution in [1.82, 2.24) is 5.32 Å². The molecule has 9 N–H and O–H groups in total. The van der Waals surface area contributed by atoms with E-state index in [1.165, 1.54) is 0 Å². The molecule has 0 bridgehead atoms. The number of aliphatic carboxylic acids is 1. The smallest absolute Gasteiger partial charge is 0.326 e. The Bertz CT molecular complexity index is 596. The number of amides is 1. The largest absolute Gasteiger partial charge is 0.480 e. The van der Waals surface area contributed by atoms with E-state index in [2.05, 4.69) is 10.3 Å². The fourth-order valence-electron chi connectivity index (χ4n) is 2.21. The molecule has 1 aromatic rings. The molecule has 0 aliphatic carbocycles. The first-order valence-corrected chi connectivity index (χ1v) is 7.87. The van der Waals surface area contributed by atoms with E-state index in [4.69, 9.17) is 17.2 Å². The molecular formula is C16H26ClN5O4. The molecule has 0 radical (unpaired) electrons. The molecule has 10 heteroatoms. The van der Waals surface area contributed by atoms with Crippen molar-refractivity contribution in [2.75, 3.05) is 6.54 Å². The number of aliphatic imine (C=N–C) groups is 1. The number of rotatable bonds is 10. The molecule has 0 heterocycles. The first kappa shape index (κ1) is 23.6. The van der Waals surface area contributed by atoms with Gasteiger partial charge in [0.2, 0.25) is 0 Å². The maximum absolute atomic E-state index is 12.1. The van der Waals surface area contributed by atoms with Crippen LogP contribution in [0.4, 0.5) is 0 Å². The summed E-state index contributed by atoms with van der Waals surface area (Å²) in [4.78, 5) is 27.0. The number of nitrogens with one attached hydrogen (secondary N) is 1. The first-order chi connectivity index (χ1) is 11.8. The number of carbonyl (C=O) groups is 2. The second kappa shape index (κ2) is 12.1. The second-order valence-electron chi connectivity index (χ2n) is 5.65. The molecule has 1 rings (SSSR count). The van der Waals surface area contributed by atoms with Gasteiger partial charge in [0.25, 0.3) is 5.91 Å². The molecule has 0 aliphatic rings. The van der Waals surface area contributed by atoms with E-state index in [1.54, 1.807) is 0 Å². The Hall–Kier alpha value is -2.36. The summed E-state index contributed by atoms with van der Waals surface area (Å²) >= 11 is 0. The lowest BCUT2D eigenvalue weighted by Crippen LogP contribution is -2.52. The van der Waals surface area contributed by atoms with E-state index >= 15 is 0 Å². The van der Waals surface area contributed by atoms with Gasteiger partial charge < -0.3 is 32.7 Å². The van der Waals surface area contributed by atoms with Gasteiger partial charge in [-0.2, -0.15) is 0 Å². The molecule has 0 fully saturated rings. The number of carboxylic acid groups (broad SMARTS) is 1. The van der Waals surface area contributed by atoms with Crippen molar-refractivity contribution in [3.63, 3.8) is 0 Å². The Labute approximate surface area is 158 Å². The van der Waals surface area contributed by atoms with Crippen LogP contribution >= 0.6 is 12.4 Å². The highest BCUT2D eigenvalue weighted by atomic mass is 35.5. The Morgan fingerprint density at radius 3 is 2.35 bits per heavy atom. The molecule has 0 unspecified atom stereocenters. The number of benzene rings is 1. The van der Waals surface area contributed by atoms with Crippen LogP contribution in [0.3, 0.4) is 0 Å². The molecule has 0 saturated heterocycles. The van der Waals surface area contributed by atoms with Crippen LogP contribution in [0, 0.1) is 0 Å². The van der Waals surface area contributed by atoms with Crippen molar-refractivity contribution in [2.24, 2.45) is 22.2 Å². The normalized spacial score (nSPS) is 13.6. The molecule has 0 saturated carbocycles. The number of aliphatic hydroxyl groups is 1. The average molecular weight is 388 g/mol. The summed E-state index contributed by atoms with van der Waals surface area (Å²) in [6.07, 6.45) is -0.739. The van der Waals surface area contributed by atoms with E-state index in [9.17, 15) is 19.8 Å². The van der Waals surface area contributed by atoms with Crippen molar-refractivity contribution in [3.8, 4) is 0 Å². The predicted octanol–water partition coefficient (Wildman–Crippen LogP) is -1.04. The van der Waals surface area contributed by atoms with Crippen molar-refractivity contribution in [3.05, 3.63) is 35.9 Å². The molecule has 1 amide bonds.